The Bertz CT molecular complexity index is 612. The number of halogens is 1. The predicted octanol–water partition coefficient (Wildman–Crippen LogP) is 3.58. The van der Waals surface area contributed by atoms with E-state index in [1.807, 2.05) is 6.26 Å². The van der Waals surface area contributed by atoms with Crippen LogP contribution in [-0.2, 0) is 6.54 Å². The van der Waals surface area contributed by atoms with Gasteiger partial charge in [-0.3, -0.25) is 0 Å². The van der Waals surface area contributed by atoms with Gasteiger partial charge in [-0.1, -0.05) is 6.07 Å². The SMILES string of the molecule is CSCCCNCc1c(C(=O)O)sc2cccc(F)c12. The number of rotatable bonds is 7. The van der Waals surface area contributed by atoms with Crippen LogP contribution in [0.15, 0.2) is 18.2 Å². The van der Waals surface area contributed by atoms with Crippen LogP contribution < -0.4 is 5.32 Å². The number of carboxylic acid groups (broad SMARTS) is 1. The zero-order chi connectivity index (χ0) is 14.5. The summed E-state index contributed by atoms with van der Waals surface area (Å²) in [5.74, 6) is -0.295. The number of benzene rings is 1. The third-order valence-corrected chi connectivity index (χ3v) is 4.84. The van der Waals surface area contributed by atoms with Crippen LogP contribution in [0.4, 0.5) is 4.39 Å². The number of fused-ring (bicyclic) bond motifs is 1. The fraction of sp³-hybridized carbons (Fsp3) is 0.357. The highest BCUT2D eigenvalue weighted by molar-refractivity contribution is 7.98. The van der Waals surface area contributed by atoms with Gasteiger partial charge in [0, 0.05) is 22.2 Å². The Morgan fingerprint density at radius 3 is 3.00 bits per heavy atom. The fourth-order valence-electron chi connectivity index (χ4n) is 2.06. The number of carboxylic acids is 1. The molecule has 3 nitrogen and oxygen atoms in total. The molecule has 1 aromatic carbocycles. The van der Waals surface area contributed by atoms with Crippen molar-refractivity contribution in [3.8, 4) is 0 Å². The molecule has 0 unspecified atom stereocenters. The van der Waals surface area contributed by atoms with Gasteiger partial charge in [0.25, 0.3) is 0 Å². The van der Waals surface area contributed by atoms with Crippen molar-refractivity contribution in [3.05, 3.63) is 34.5 Å². The topological polar surface area (TPSA) is 49.3 Å². The second-order valence-electron chi connectivity index (χ2n) is 4.35. The Morgan fingerprint density at radius 1 is 1.50 bits per heavy atom. The Hall–Kier alpha value is -1.11. The lowest BCUT2D eigenvalue weighted by Crippen LogP contribution is -2.16. The lowest BCUT2D eigenvalue weighted by atomic mass is 10.1. The van der Waals surface area contributed by atoms with Crippen LogP contribution in [0.25, 0.3) is 10.1 Å². The molecule has 0 aliphatic carbocycles. The van der Waals surface area contributed by atoms with Crippen molar-refractivity contribution in [2.24, 2.45) is 0 Å². The zero-order valence-corrected chi connectivity index (χ0v) is 12.7. The van der Waals surface area contributed by atoms with E-state index in [4.69, 9.17) is 0 Å². The van der Waals surface area contributed by atoms with E-state index in [2.05, 4.69) is 5.32 Å². The van der Waals surface area contributed by atoms with Crippen molar-refractivity contribution in [2.75, 3.05) is 18.6 Å². The van der Waals surface area contributed by atoms with Crippen LogP contribution in [0.2, 0.25) is 0 Å². The first-order valence-corrected chi connectivity index (χ1v) is 8.49. The summed E-state index contributed by atoms with van der Waals surface area (Å²) in [6, 6.07) is 4.74. The van der Waals surface area contributed by atoms with Gasteiger partial charge in [-0.05, 0) is 37.1 Å². The maximum absolute atomic E-state index is 13.9. The summed E-state index contributed by atoms with van der Waals surface area (Å²) < 4.78 is 14.6. The summed E-state index contributed by atoms with van der Waals surface area (Å²) >= 11 is 2.90. The number of hydrogen-bond acceptors (Lipinski definition) is 4. The number of hydrogen-bond donors (Lipinski definition) is 2. The highest BCUT2D eigenvalue weighted by atomic mass is 32.2. The van der Waals surface area contributed by atoms with Gasteiger partial charge in [0.2, 0.25) is 0 Å². The van der Waals surface area contributed by atoms with Gasteiger partial charge in [0.1, 0.15) is 10.7 Å². The molecule has 0 saturated heterocycles. The Kier molecular flexibility index (Phi) is 5.39. The molecule has 1 heterocycles. The molecule has 0 aliphatic heterocycles. The van der Waals surface area contributed by atoms with Crippen LogP contribution in [0.3, 0.4) is 0 Å². The molecule has 2 N–H and O–H groups in total. The normalized spacial score (nSPS) is 11.1. The maximum Gasteiger partial charge on any atom is 0.346 e. The van der Waals surface area contributed by atoms with E-state index in [0.717, 1.165) is 30.1 Å². The average Bonchev–Trinajstić information content (AvgIpc) is 2.79. The molecule has 0 amide bonds. The number of thiophene rings is 1. The molecule has 2 aromatic rings. The number of aromatic carboxylic acids is 1. The molecule has 0 aliphatic rings. The summed E-state index contributed by atoms with van der Waals surface area (Å²) in [4.78, 5) is 11.5. The van der Waals surface area contributed by atoms with E-state index in [1.165, 1.54) is 6.07 Å². The molecule has 0 bridgehead atoms. The third-order valence-electron chi connectivity index (χ3n) is 2.96. The first-order valence-electron chi connectivity index (χ1n) is 6.28. The van der Waals surface area contributed by atoms with Gasteiger partial charge in [-0.25, -0.2) is 9.18 Å². The van der Waals surface area contributed by atoms with E-state index in [9.17, 15) is 14.3 Å². The first-order chi connectivity index (χ1) is 9.65. The van der Waals surface area contributed by atoms with Gasteiger partial charge in [-0.2, -0.15) is 11.8 Å². The van der Waals surface area contributed by atoms with E-state index >= 15 is 0 Å². The van der Waals surface area contributed by atoms with Crippen LogP contribution in [0.1, 0.15) is 21.7 Å². The summed E-state index contributed by atoms with van der Waals surface area (Å²) in [7, 11) is 0. The van der Waals surface area contributed by atoms with Crippen molar-refractivity contribution in [2.45, 2.75) is 13.0 Å². The van der Waals surface area contributed by atoms with Gasteiger partial charge in [-0.15, -0.1) is 11.3 Å². The zero-order valence-electron chi connectivity index (χ0n) is 11.1. The minimum absolute atomic E-state index is 0.225. The molecule has 0 fully saturated rings. The van der Waals surface area contributed by atoms with Crippen molar-refractivity contribution >= 4 is 39.2 Å². The number of nitrogens with one attached hydrogen (secondary N) is 1. The monoisotopic (exact) mass is 313 g/mol. The minimum atomic E-state index is -0.994. The standard InChI is InChI=1S/C14H16FNO2S2/c1-19-7-3-6-16-8-9-12-10(15)4-2-5-11(12)20-13(9)14(17)18/h2,4-5,16H,3,6-8H2,1H3,(H,17,18). The summed E-state index contributed by atoms with van der Waals surface area (Å²) in [6.45, 7) is 1.18. The minimum Gasteiger partial charge on any atom is -0.477 e. The first kappa shape index (κ1) is 15.3. The van der Waals surface area contributed by atoms with E-state index < -0.39 is 5.97 Å². The number of carbonyl (C=O) groups is 1. The van der Waals surface area contributed by atoms with Crippen molar-refractivity contribution in [3.63, 3.8) is 0 Å². The highest BCUT2D eigenvalue weighted by Crippen LogP contribution is 2.33. The summed E-state index contributed by atoms with van der Waals surface area (Å²) in [5, 5.41) is 12.9. The molecule has 0 radical (unpaired) electrons. The van der Waals surface area contributed by atoms with Crippen LogP contribution in [0.5, 0.6) is 0 Å². The average molecular weight is 313 g/mol. The lowest BCUT2D eigenvalue weighted by molar-refractivity contribution is 0.0701. The Labute approximate surface area is 125 Å². The van der Waals surface area contributed by atoms with Crippen molar-refractivity contribution in [1.82, 2.24) is 5.32 Å². The molecule has 108 valence electrons. The molecular weight excluding hydrogens is 297 g/mol. The third kappa shape index (κ3) is 3.31. The molecule has 0 saturated carbocycles. The quantitative estimate of drug-likeness (QED) is 0.767. The van der Waals surface area contributed by atoms with E-state index in [1.54, 1.807) is 23.9 Å². The van der Waals surface area contributed by atoms with Gasteiger partial charge >= 0.3 is 5.97 Å². The fourth-order valence-corrected chi connectivity index (χ4v) is 3.57. The van der Waals surface area contributed by atoms with Crippen molar-refractivity contribution in [1.29, 1.82) is 0 Å². The Morgan fingerprint density at radius 2 is 2.30 bits per heavy atom. The van der Waals surface area contributed by atoms with Crippen LogP contribution >= 0.6 is 23.1 Å². The van der Waals surface area contributed by atoms with Crippen LogP contribution in [-0.4, -0.2) is 29.6 Å². The van der Waals surface area contributed by atoms with E-state index in [-0.39, 0.29) is 10.7 Å². The molecule has 0 spiro atoms. The molecule has 1 aromatic heterocycles. The smallest absolute Gasteiger partial charge is 0.346 e. The molecule has 6 heteroatoms. The number of thioether (sulfide) groups is 1. The lowest BCUT2D eigenvalue weighted by Gasteiger charge is -2.05. The Balaban J connectivity index is 2.24. The highest BCUT2D eigenvalue weighted by Gasteiger charge is 2.19. The second kappa shape index (κ2) is 7.06. The molecule has 2 rings (SSSR count). The molecule has 0 atom stereocenters. The largest absolute Gasteiger partial charge is 0.477 e. The van der Waals surface area contributed by atoms with E-state index in [0.29, 0.717) is 22.2 Å². The maximum atomic E-state index is 13.9. The molecule has 20 heavy (non-hydrogen) atoms. The predicted molar refractivity (Wildman–Crippen MR) is 83.4 cm³/mol. The van der Waals surface area contributed by atoms with Crippen molar-refractivity contribution < 1.29 is 14.3 Å². The summed E-state index contributed by atoms with van der Waals surface area (Å²) in [6.07, 6.45) is 3.05. The summed E-state index contributed by atoms with van der Waals surface area (Å²) in [5.41, 5.74) is 0.555. The van der Waals surface area contributed by atoms with Gasteiger partial charge in [0.05, 0.1) is 0 Å². The van der Waals surface area contributed by atoms with Crippen LogP contribution in [0, 0.1) is 5.82 Å². The second-order valence-corrected chi connectivity index (χ2v) is 6.39. The van der Waals surface area contributed by atoms with Gasteiger partial charge in [0.15, 0.2) is 0 Å². The van der Waals surface area contributed by atoms with Gasteiger partial charge < -0.3 is 10.4 Å². The molecular formula is C14H16FNO2S2.